The summed E-state index contributed by atoms with van der Waals surface area (Å²) in [4.78, 5) is 0. The van der Waals surface area contributed by atoms with Crippen LogP contribution < -0.4 is 4.43 Å². The third-order valence-electron chi connectivity index (χ3n) is 1.55. The summed E-state index contributed by atoms with van der Waals surface area (Å²) in [6.07, 6.45) is 2.69. The van der Waals surface area contributed by atoms with Crippen molar-refractivity contribution in [3.05, 3.63) is 42.5 Å². The largest absolute Gasteiger partial charge is 0.534 e. The lowest BCUT2D eigenvalue weighted by molar-refractivity contribution is 0.602. The van der Waals surface area contributed by atoms with Crippen LogP contribution in [0.5, 0.6) is 5.75 Å². The van der Waals surface area contributed by atoms with Crippen molar-refractivity contribution in [1.29, 1.82) is 0 Å². The minimum Gasteiger partial charge on any atom is -0.534 e. The van der Waals surface area contributed by atoms with Gasteiger partial charge in [-0.25, -0.2) is 0 Å². The molecule has 1 rings (SSSR count). The molecule has 1 aromatic carbocycles. The first kappa shape index (κ1) is 9.36. The highest BCUT2D eigenvalue weighted by Gasteiger charge is 1.98. The second-order valence-corrected chi connectivity index (χ2v) is 3.52. The number of halogens is 1. The molecule has 1 nitrogen and oxygen atoms in total. The molecule has 0 aliphatic heterocycles. The van der Waals surface area contributed by atoms with Crippen molar-refractivity contribution in [1.82, 2.24) is 0 Å². The van der Waals surface area contributed by atoms with E-state index < -0.39 is 9.07 Å². The minimum atomic E-state index is -0.885. The highest BCUT2D eigenvalue weighted by atomic mass is 35.6. The van der Waals surface area contributed by atoms with Crippen LogP contribution in [0.1, 0.15) is 5.56 Å². The summed E-state index contributed by atoms with van der Waals surface area (Å²) in [6.45, 7) is 3.68. The van der Waals surface area contributed by atoms with Crippen LogP contribution in [-0.4, -0.2) is 9.07 Å². The summed E-state index contributed by atoms with van der Waals surface area (Å²) in [7, 11) is -0.885. The van der Waals surface area contributed by atoms with E-state index in [2.05, 4.69) is 6.58 Å². The highest BCUT2D eigenvalue weighted by Crippen LogP contribution is 2.18. The van der Waals surface area contributed by atoms with Gasteiger partial charge in [-0.1, -0.05) is 24.3 Å². The third kappa shape index (κ3) is 2.39. The monoisotopic (exact) mass is 198 g/mol. The Balaban J connectivity index is 2.83. The summed E-state index contributed by atoms with van der Waals surface area (Å²) in [5, 5.41) is 0. The molecule has 0 radical (unpaired) electrons. The average Bonchev–Trinajstić information content (AvgIpc) is 2.09. The van der Waals surface area contributed by atoms with Gasteiger partial charge in [-0.3, -0.25) is 0 Å². The van der Waals surface area contributed by atoms with Crippen LogP contribution in [0.4, 0.5) is 0 Å². The summed E-state index contributed by atoms with van der Waals surface area (Å²) >= 11 is 5.60. The highest BCUT2D eigenvalue weighted by molar-refractivity contribution is 6.90. The fourth-order valence-electron chi connectivity index (χ4n) is 1.03. The Bertz CT molecular complexity index is 262. The van der Waals surface area contributed by atoms with E-state index in [4.69, 9.17) is 15.5 Å². The van der Waals surface area contributed by atoms with Gasteiger partial charge < -0.3 is 4.43 Å². The van der Waals surface area contributed by atoms with Crippen LogP contribution in [0.15, 0.2) is 36.9 Å². The zero-order chi connectivity index (χ0) is 8.81. The van der Waals surface area contributed by atoms with E-state index in [0.29, 0.717) is 0 Å². The third-order valence-corrected chi connectivity index (χ3v) is 2.29. The van der Waals surface area contributed by atoms with Crippen molar-refractivity contribution < 1.29 is 4.43 Å². The molecule has 0 saturated carbocycles. The molecule has 0 unspecified atom stereocenters. The minimum absolute atomic E-state index is 0.835. The maximum atomic E-state index is 5.60. The predicted octanol–water partition coefficient (Wildman–Crippen LogP) is 2.03. The van der Waals surface area contributed by atoms with Crippen LogP contribution >= 0.6 is 11.1 Å². The molecule has 0 aliphatic rings. The first-order valence-electron chi connectivity index (χ1n) is 3.76. The maximum absolute atomic E-state index is 5.60. The number of para-hydroxylation sites is 1. The first-order valence-corrected chi connectivity index (χ1v) is 6.47. The lowest BCUT2D eigenvalue weighted by Gasteiger charge is -2.06. The molecular weight excluding hydrogens is 188 g/mol. The Morgan fingerprint density at radius 3 is 2.92 bits per heavy atom. The van der Waals surface area contributed by atoms with Crippen molar-refractivity contribution in [3.63, 3.8) is 0 Å². The second kappa shape index (κ2) is 5.01. The lowest BCUT2D eigenvalue weighted by atomic mass is 10.1. The SMILES string of the molecule is C=CCc1ccccc1O[SiH2]Cl. The van der Waals surface area contributed by atoms with E-state index in [1.165, 1.54) is 0 Å². The van der Waals surface area contributed by atoms with Gasteiger partial charge in [-0.2, -0.15) is 0 Å². The predicted molar refractivity (Wildman–Crippen MR) is 55.4 cm³/mol. The van der Waals surface area contributed by atoms with Gasteiger partial charge in [0.2, 0.25) is 0 Å². The van der Waals surface area contributed by atoms with Gasteiger partial charge in [0, 0.05) is 0 Å². The standard InChI is InChI=1S/C9H11ClOSi/c1-2-5-8-6-3-4-7-9(8)11-12-10/h2-4,6-7H,1,5,12H2. The number of allylic oxidation sites excluding steroid dienone is 1. The van der Waals surface area contributed by atoms with Crippen LogP contribution in [-0.2, 0) is 6.42 Å². The topological polar surface area (TPSA) is 9.23 Å². The van der Waals surface area contributed by atoms with E-state index >= 15 is 0 Å². The Morgan fingerprint density at radius 1 is 1.50 bits per heavy atom. The number of rotatable bonds is 4. The molecule has 0 spiro atoms. The summed E-state index contributed by atoms with van der Waals surface area (Å²) in [6, 6.07) is 7.90. The second-order valence-electron chi connectivity index (χ2n) is 2.35. The van der Waals surface area contributed by atoms with Gasteiger partial charge in [0.05, 0.1) is 0 Å². The quantitative estimate of drug-likeness (QED) is 0.409. The molecular formula is C9H11ClOSi. The molecule has 0 atom stereocenters. The van der Waals surface area contributed by atoms with Gasteiger partial charge in [-0.05, 0) is 18.1 Å². The van der Waals surface area contributed by atoms with E-state index in [1.54, 1.807) is 0 Å². The zero-order valence-corrected chi connectivity index (χ0v) is 8.96. The molecule has 0 bridgehead atoms. The Labute approximate surface area is 79.7 Å². The summed E-state index contributed by atoms with van der Waals surface area (Å²) < 4.78 is 5.35. The van der Waals surface area contributed by atoms with Gasteiger partial charge in [0.15, 0.2) is 0 Å². The van der Waals surface area contributed by atoms with E-state index in [-0.39, 0.29) is 0 Å². The van der Waals surface area contributed by atoms with E-state index in [1.807, 2.05) is 30.3 Å². The van der Waals surface area contributed by atoms with E-state index in [0.717, 1.165) is 17.7 Å². The van der Waals surface area contributed by atoms with Gasteiger partial charge >= 0.3 is 9.07 Å². The molecule has 0 aliphatic carbocycles. The Hall–Kier alpha value is -0.733. The van der Waals surface area contributed by atoms with Crippen molar-refractivity contribution in [2.24, 2.45) is 0 Å². The lowest BCUT2D eigenvalue weighted by Crippen LogP contribution is -1.96. The van der Waals surface area contributed by atoms with Crippen LogP contribution in [0, 0.1) is 0 Å². The fourth-order valence-corrected chi connectivity index (χ4v) is 1.78. The van der Waals surface area contributed by atoms with Gasteiger partial charge in [0.1, 0.15) is 5.75 Å². The molecule has 64 valence electrons. The van der Waals surface area contributed by atoms with Crippen molar-refractivity contribution >= 4 is 20.2 Å². The molecule has 3 heteroatoms. The first-order chi connectivity index (χ1) is 5.88. The van der Waals surface area contributed by atoms with Crippen LogP contribution in [0.25, 0.3) is 0 Å². The van der Waals surface area contributed by atoms with Crippen LogP contribution in [0.2, 0.25) is 0 Å². The molecule has 0 N–H and O–H groups in total. The van der Waals surface area contributed by atoms with E-state index in [9.17, 15) is 0 Å². The molecule has 12 heavy (non-hydrogen) atoms. The Kier molecular flexibility index (Phi) is 3.91. The smallest absolute Gasteiger partial charge is 0.316 e. The maximum Gasteiger partial charge on any atom is 0.316 e. The number of hydrogen-bond acceptors (Lipinski definition) is 1. The van der Waals surface area contributed by atoms with Crippen molar-refractivity contribution in [2.45, 2.75) is 6.42 Å². The summed E-state index contributed by atoms with van der Waals surface area (Å²) in [5.41, 5.74) is 1.15. The van der Waals surface area contributed by atoms with Crippen LogP contribution in [0.3, 0.4) is 0 Å². The molecule has 0 aromatic heterocycles. The molecule has 0 amide bonds. The summed E-state index contributed by atoms with van der Waals surface area (Å²) in [5.74, 6) is 0.902. The number of hydrogen-bond donors (Lipinski definition) is 0. The molecule has 0 fully saturated rings. The molecule has 0 saturated heterocycles. The molecule has 1 aromatic rings. The zero-order valence-electron chi connectivity index (χ0n) is 6.79. The number of benzene rings is 1. The van der Waals surface area contributed by atoms with Gasteiger partial charge in [0.25, 0.3) is 0 Å². The van der Waals surface area contributed by atoms with Gasteiger partial charge in [-0.15, -0.1) is 17.7 Å². The fraction of sp³-hybridized carbons (Fsp3) is 0.111. The van der Waals surface area contributed by atoms with Crippen molar-refractivity contribution in [2.75, 3.05) is 0 Å². The Morgan fingerprint density at radius 2 is 2.25 bits per heavy atom. The normalized spacial score (nSPS) is 10.4. The van der Waals surface area contributed by atoms with Crippen molar-refractivity contribution in [3.8, 4) is 5.75 Å². The average molecular weight is 199 g/mol. The molecule has 0 heterocycles.